The van der Waals surface area contributed by atoms with Crippen LogP contribution in [0.4, 0.5) is 4.39 Å². The predicted octanol–water partition coefficient (Wildman–Crippen LogP) is 2.55. The van der Waals surface area contributed by atoms with Crippen LogP contribution >= 0.6 is 15.9 Å². The Bertz CT molecular complexity index is 299. The minimum absolute atomic E-state index is 0.149. The summed E-state index contributed by atoms with van der Waals surface area (Å²) in [5, 5.41) is 3.07. The Kier molecular flexibility index (Phi) is 3.19. The van der Waals surface area contributed by atoms with E-state index >= 15 is 0 Å². The Morgan fingerprint density at radius 2 is 2.00 bits per heavy atom. The van der Waals surface area contributed by atoms with Crippen molar-refractivity contribution in [2.24, 2.45) is 5.92 Å². The van der Waals surface area contributed by atoms with Gasteiger partial charge in [0, 0.05) is 23.5 Å². The molecular formula is C11H13BrFN. The van der Waals surface area contributed by atoms with Gasteiger partial charge in [0.1, 0.15) is 6.17 Å². The van der Waals surface area contributed by atoms with Crippen LogP contribution in [0.15, 0.2) is 28.7 Å². The van der Waals surface area contributed by atoms with Gasteiger partial charge in [-0.1, -0.05) is 28.1 Å². The smallest absolute Gasteiger partial charge is 0.117 e. The van der Waals surface area contributed by atoms with E-state index in [-0.39, 0.29) is 5.92 Å². The van der Waals surface area contributed by atoms with E-state index in [2.05, 4.69) is 33.4 Å². The van der Waals surface area contributed by atoms with Crippen LogP contribution < -0.4 is 5.32 Å². The van der Waals surface area contributed by atoms with Crippen LogP contribution in [0.25, 0.3) is 0 Å². The lowest BCUT2D eigenvalue weighted by Crippen LogP contribution is -2.15. The Labute approximate surface area is 91.8 Å². The molecule has 1 saturated heterocycles. The van der Waals surface area contributed by atoms with Crippen LogP contribution in [0.3, 0.4) is 0 Å². The van der Waals surface area contributed by atoms with Gasteiger partial charge in [-0.25, -0.2) is 4.39 Å². The quantitative estimate of drug-likeness (QED) is 0.859. The van der Waals surface area contributed by atoms with Gasteiger partial charge in [-0.15, -0.1) is 0 Å². The van der Waals surface area contributed by atoms with Crippen molar-refractivity contribution >= 4 is 15.9 Å². The fourth-order valence-electron chi connectivity index (χ4n) is 1.82. The lowest BCUT2D eigenvalue weighted by Gasteiger charge is -2.11. The molecule has 0 amide bonds. The maximum Gasteiger partial charge on any atom is 0.117 e. The maximum atomic E-state index is 13.3. The van der Waals surface area contributed by atoms with Crippen molar-refractivity contribution in [3.05, 3.63) is 34.3 Å². The van der Waals surface area contributed by atoms with Crippen LogP contribution in [0.1, 0.15) is 5.56 Å². The molecule has 1 aliphatic rings. The molecule has 0 saturated carbocycles. The molecule has 14 heavy (non-hydrogen) atoms. The highest BCUT2D eigenvalue weighted by Gasteiger charge is 2.26. The average Bonchev–Trinajstić information content (AvgIpc) is 2.56. The zero-order valence-corrected chi connectivity index (χ0v) is 9.43. The third kappa shape index (κ3) is 2.34. The summed E-state index contributed by atoms with van der Waals surface area (Å²) < 4.78 is 14.4. The molecule has 1 fully saturated rings. The first-order chi connectivity index (χ1) is 6.75. The van der Waals surface area contributed by atoms with E-state index < -0.39 is 6.17 Å². The molecule has 2 rings (SSSR count). The Hall–Kier alpha value is -0.410. The largest absolute Gasteiger partial charge is 0.313 e. The van der Waals surface area contributed by atoms with Crippen molar-refractivity contribution in [2.45, 2.75) is 12.6 Å². The molecule has 0 bridgehead atoms. The second-order valence-corrected chi connectivity index (χ2v) is 4.68. The van der Waals surface area contributed by atoms with E-state index in [9.17, 15) is 4.39 Å². The zero-order valence-electron chi connectivity index (χ0n) is 7.84. The maximum absolute atomic E-state index is 13.3. The van der Waals surface area contributed by atoms with Crippen molar-refractivity contribution in [3.63, 3.8) is 0 Å². The van der Waals surface area contributed by atoms with Gasteiger partial charge in [-0.2, -0.15) is 0 Å². The van der Waals surface area contributed by atoms with Crippen LogP contribution in [0, 0.1) is 5.92 Å². The molecule has 1 nitrogen and oxygen atoms in total. The molecule has 1 aromatic carbocycles. The fourth-order valence-corrected chi connectivity index (χ4v) is 2.09. The standard InChI is InChI=1S/C11H13BrFN/c12-10-3-1-8(2-4-10)5-9-6-14-7-11(9)13/h1-4,9,11,14H,5-7H2. The molecule has 3 heteroatoms. The minimum Gasteiger partial charge on any atom is -0.313 e. The molecule has 0 radical (unpaired) electrons. The lowest BCUT2D eigenvalue weighted by molar-refractivity contribution is 0.282. The number of halogens is 2. The van der Waals surface area contributed by atoms with Crippen molar-refractivity contribution < 1.29 is 4.39 Å². The normalized spacial score (nSPS) is 26.7. The van der Waals surface area contributed by atoms with Gasteiger partial charge in [0.2, 0.25) is 0 Å². The van der Waals surface area contributed by atoms with Crippen LogP contribution in [0.5, 0.6) is 0 Å². The van der Waals surface area contributed by atoms with E-state index in [4.69, 9.17) is 0 Å². The highest BCUT2D eigenvalue weighted by molar-refractivity contribution is 9.10. The highest BCUT2D eigenvalue weighted by Crippen LogP contribution is 2.19. The molecule has 1 aliphatic heterocycles. The summed E-state index contributed by atoms with van der Waals surface area (Å²) in [7, 11) is 0. The third-order valence-electron chi connectivity index (χ3n) is 2.67. The highest BCUT2D eigenvalue weighted by atomic mass is 79.9. The summed E-state index contributed by atoms with van der Waals surface area (Å²) in [5.74, 6) is 0.149. The fraction of sp³-hybridized carbons (Fsp3) is 0.455. The zero-order chi connectivity index (χ0) is 9.97. The van der Waals surface area contributed by atoms with E-state index in [1.807, 2.05) is 12.1 Å². The average molecular weight is 258 g/mol. The van der Waals surface area contributed by atoms with Gasteiger partial charge in [0.15, 0.2) is 0 Å². The third-order valence-corrected chi connectivity index (χ3v) is 3.20. The molecule has 1 heterocycles. The lowest BCUT2D eigenvalue weighted by atomic mass is 9.98. The van der Waals surface area contributed by atoms with Crippen molar-refractivity contribution in [3.8, 4) is 0 Å². The first-order valence-corrected chi connectivity index (χ1v) is 5.64. The topological polar surface area (TPSA) is 12.0 Å². The second-order valence-electron chi connectivity index (χ2n) is 3.76. The summed E-state index contributed by atoms with van der Waals surface area (Å²) >= 11 is 3.38. The van der Waals surface area contributed by atoms with E-state index in [0.29, 0.717) is 6.54 Å². The molecule has 1 aromatic rings. The first kappa shape index (κ1) is 10.1. The molecule has 0 spiro atoms. The number of rotatable bonds is 2. The van der Waals surface area contributed by atoms with Gasteiger partial charge >= 0.3 is 0 Å². The predicted molar refractivity (Wildman–Crippen MR) is 59.1 cm³/mol. The first-order valence-electron chi connectivity index (χ1n) is 4.85. The Morgan fingerprint density at radius 1 is 1.29 bits per heavy atom. The monoisotopic (exact) mass is 257 g/mol. The molecular weight excluding hydrogens is 245 g/mol. The molecule has 0 aromatic heterocycles. The number of alkyl halides is 1. The van der Waals surface area contributed by atoms with Gasteiger partial charge < -0.3 is 5.32 Å². The summed E-state index contributed by atoms with van der Waals surface area (Å²) in [6.07, 6.45) is 0.153. The van der Waals surface area contributed by atoms with Gasteiger partial charge in [-0.3, -0.25) is 0 Å². The van der Waals surface area contributed by atoms with Crippen LogP contribution in [-0.2, 0) is 6.42 Å². The second kappa shape index (κ2) is 4.41. The number of nitrogens with one attached hydrogen (secondary N) is 1. The summed E-state index contributed by atoms with van der Waals surface area (Å²) in [5.41, 5.74) is 1.21. The number of hydrogen-bond donors (Lipinski definition) is 1. The molecule has 76 valence electrons. The van der Waals surface area contributed by atoms with Crippen LogP contribution in [0.2, 0.25) is 0 Å². The Morgan fingerprint density at radius 3 is 2.57 bits per heavy atom. The van der Waals surface area contributed by atoms with E-state index in [1.165, 1.54) is 5.56 Å². The summed E-state index contributed by atoms with van der Waals surface area (Å²) in [4.78, 5) is 0. The molecule has 0 aliphatic carbocycles. The minimum atomic E-state index is -0.682. The van der Waals surface area contributed by atoms with E-state index in [1.54, 1.807) is 0 Å². The number of hydrogen-bond acceptors (Lipinski definition) is 1. The van der Waals surface area contributed by atoms with Gasteiger partial charge in [0.25, 0.3) is 0 Å². The van der Waals surface area contributed by atoms with E-state index in [0.717, 1.165) is 17.4 Å². The Balaban J connectivity index is 2.00. The summed E-state index contributed by atoms with van der Waals surface area (Å²) in [6.45, 7) is 1.32. The van der Waals surface area contributed by atoms with Crippen molar-refractivity contribution in [2.75, 3.05) is 13.1 Å². The SMILES string of the molecule is FC1CNCC1Cc1ccc(Br)cc1. The molecule has 1 N–H and O–H groups in total. The summed E-state index contributed by atoms with van der Waals surface area (Å²) in [6, 6.07) is 8.11. The van der Waals surface area contributed by atoms with Crippen molar-refractivity contribution in [1.82, 2.24) is 5.32 Å². The van der Waals surface area contributed by atoms with Gasteiger partial charge in [0.05, 0.1) is 0 Å². The molecule has 2 atom stereocenters. The number of benzene rings is 1. The molecule has 2 unspecified atom stereocenters. The van der Waals surface area contributed by atoms with Gasteiger partial charge in [-0.05, 0) is 24.1 Å². The van der Waals surface area contributed by atoms with Crippen molar-refractivity contribution in [1.29, 1.82) is 0 Å². The van der Waals surface area contributed by atoms with Crippen LogP contribution in [-0.4, -0.2) is 19.3 Å².